The van der Waals surface area contributed by atoms with E-state index in [1.807, 2.05) is 24.3 Å². The highest BCUT2D eigenvalue weighted by Crippen LogP contribution is 2.30. The lowest BCUT2D eigenvalue weighted by Crippen LogP contribution is -1.97. The van der Waals surface area contributed by atoms with E-state index >= 15 is 0 Å². The van der Waals surface area contributed by atoms with Crippen LogP contribution in [0.15, 0.2) is 46.9 Å². The van der Waals surface area contributed by atoms with Crippen molar-refractivity contribution in [2.75, 3.05) is 14.2 Å². The summed E-state index contributed by atoms with van der Waals surface area (Å²) in [5.41, 5.74) is 2.52. The van der Waals surface area contributed by atoms with Gasteiger partial charge in [0.05, 0.1) is 20.6 Å². The number of carboxylic acid groups (broad SMARTS) is 1. The van der Waals surface area contributed by atoms with Gasteiger partial charge in [-0.2, -0.15) is 0 Å². The molecular weight excluding hydrogens is 322 g/mol. The quantitative estimate of drug-likeness (QED) is 0.734. The number of oxazole rings is 1. The number of nitrogens with zero attached hydrogens (tertiary/aromatic N) is 1. The molecule has 0 aliphatic heterocycles. The third kappa shape index (κ3) is 3.63. The summed E-state index contributed by atoms with van der Waals surface area (Å²) in [6.07, 6.45) is 1.52. The topological polar surface area (TPSA) is 81.8 Å². The summed E-state index contributed by atoms with van der Waals surface area (Å²) in [7, 11) is 3.10. The molecule has 3 aromatic rings. The lowest BCUT2D eigenvalue weighted by Gasteiger charge is -2.08. The summed E-state index contributed by atoms with van der Waals surface area (Å²) in [6, 6.07) is 12.6. The van der Waals surface area contributed by atoms with Crippen LogP contribution in [0.1, 0.15) is 17.9 Å². The number of para-hydroxylation sites is 2. The fourth-order valence-corrected chi connectivity index (χ4v) is 2.50. The first-order valence-corrected chi connectivity index (χ1v) is 7.61. The van der Waals surface area contributed by atoms with Gasteiger partial charge in [-0.25, -0.2) is 4.98 Å². The maximum atomic E-state index is 11.3. The highest BCUT2D eigenvalue weighted by Gasteiger charge is 2.15. The van der Waals surface area contributed by atoms with Gasteiger partial charge >= 0.3 is 5.97 Å². The van der Waals surface area contributed by atoms with Crippen LogP contribution in [-0.4, -0.2) is 30.3 Å². The fraction of sp³-hybridized carbons (Fsp3) is 0.158. The smallest absolute Gasteiger partial charge is 0.308 e. The Balaban J connectivity index is 2.06. The summed E-state index contributed by atoms with van der Waals surface area (Å²) in [5, 5.41) is 9.23. The van der Waals surface area contributed by atoms with Crippen molar-refractivity contribution < 1.29 is 23.8 Å². The molecule has 1 heterocycles. The average molecular weight is 339 g/mol. The molecule has 1 N–H and O–H groups in total. The molecule has 0 amide bonds. The van der Waals surface area contributed by atoms with Gasteiger partial charge in [0.15, 0.2) is 17.1 Å². The van der Waals surface area contributed by atoms with Crippen LogP contribution < -0.4 is 9.47 Å². The van der Waals surface area contributed by atoms with Crippen molar-refractivity contribution in [3.63, 3.8) is 0 Å². The summed E-state index contributed by atoms with van der Waals surface area (Å²) in [6.45, 7) is 0. The zero-order valence-corrected chi connectivity index (χ0v) is 13.9. The van der Waals surface area contributed by atoms with Crippen LogP contribution in [0.4, 0.5) is 0 Å². The van der Waals surface area contributed by atoms with Crippen molar-refractivity contribution in [2.24, 2.45) is 0 Å². The third-order valence-corrected chi connectivity index (χ3v) is 3.66. The van der Waals surface area contributed by atoms with Crippen molar-refractivity contribution in [1.82, 2.24) is 4.98 Å². The Bertz CT molecular complexity index is 909. The van der Waals surface area contributed by atoms with Gasteiger partial charge in [0.25, 0.3) is 0 Å². The molecule has 25 heavy (non-hydrogen) atoms. The molecule has 1 aromatic heterocycles. The van der Waals surface area contributed by atoms with E-state index in [1.165, 1.54) is 0 Å². The zero-order valence-electron chi connectivity index (χ0n) is 13.9. The number of aromatic nitrogens is 1. The van der Waals surface area contributed by atoms with Gasteiger partial charge in [-0.3, -0.25) is 4.79 Å². The predicted octanol–water partition coefficient (Wildman–Crippen LogP) is 3.86. The Morgan fingerprint density at radius 3 is 2.60 bits per heavy atom. The number of hydrogen-bond acceptors (Lipinski definition) is 5. The summed E-state index contributed by atoms with van der Waals surface area (Å²) in [4.78, 5) is 15.6. The molecule has 6 nitrogen and oxygen atoms in total. The number of methoxy groups -OCH3 is 2. The van der Waals surface area contributed by atoms with Crippen LogP contribution >= 0.6 is 0 Å². The fourth-order valence-electron chi connectivity index (χ4n) is 2.50. The first-order chi connectivity index (χ1) is 12.1. The Kier molecular flexibility index (Phi) is 4.70. The number of ether oxygens (including phenoxy) is 2. The van der Waals surface area contributed by atoms with Crippen LogP contribution in [0.2, 0.25) is 0 Å². The molecule has 0 aliphatic carbocycles. The van der Waals surface area contributed by atoms with Gasteiger partial charge in [-0.05, 0) is 35.9 Å². The van der Waals surface area contributed by atoms with Gasteiger partial charge in [0.1, 0.15) is 5.52 Å². The van der Waals surface area contributed by atoms with Crippen molar-refractivity contribution in [1.29, 1.82) is 0 Å². The van der Waals surface area contributed by atoms with Gasteiger partial charge < -0.3 is 19.0 Å². The molecule has 0 saturated carbocycles. The Morgan fingerprint density at radius 1 is 1.16 bits per heavy atom. The normalized spacial score (nSPS) is 11.5. The Morgan fingerprint density at radius 2 is 1.92 bits per heavy atom. The number of aliphatic carboxylic acids is 1. The van der Waals surface area contributed by atoms with E-state index in [0.29, 0.717) is 34.1 Å². The highest BCUT2D eigenvalue weighted by atomic mass is 16.5. The first-order valence-electron chi connectivity index (χ1n) is 7.61. The van der Waals surface area contributed by atoms with E-state index in [2.05, 4.69) is 4.98 Å². The lowest BCUT2D eigenvalue weighted by molar-refractivity contribution is -0.135. The summed E-state index contributed by atoms with van der Waals surface area (Å²) < 4.78 is 16.2. The minimum Gasteiger partial charge on any atom is -0.493 e. The number of carbonyl (C=O) groups is 1. The van der Waals surface area contributed by atoms with Crippen LogP contribution in [0.25, 0.3) is 22.7 Å². The molecule has 6 heteroatoms. The van der Waals surface area contributed by atoms with Gasteiger partial charge in [0.2, 0.25) is 5.89 Å². The largest absolute Gasteiger partial charge is 0.493 e. The molecule has 0 aliphatic rings. The summed E-state index contributed by atoms with van der Waals surface area (Å²) in [5.74, 6) is 0.483. The first kappa shape index (κ1) is 16.6. The number of benzene rings is 2. The monoisotopic (exact) mass is 339 g/mol. The second kappa shape index (κ2) is 7.09. The van der Waals surface area contributed by atoms with E-state index in [1.54, 1.807) is 38.5 Å². The molecule has 128 valence electrons. The Labute approximate surface area is 144 Å². The molecule has 3 rings (SSSR count). The molecule has 0 unspecified atom stereocenters. The minimum absolute atomic E-state index is 0.207. The molecular formula is C19H17NO5. The number of carboxylic acids is 1. The SMILES string of the molecule is COc1ccc(/C=C(/CC(=O)O)c2nc3ccccc3o2)cc1OC. The van der Waals surface area contributed by atoms with Crippen LogP contribution in [-0.2, 0) is 4.79 Å². The van der Waals surface area contributed by atoms with Crippen LogP contribution in [0, 0.1) is 0 Å². The minimum atomic E-state index is -0.964. The van der Waals surface area contributed by atoms with E-state index in [9.17, 15) is 9.90 Å². The van der Waals surface area contributed by atoms with Gasteiger partial charge in [0, 0.05) is 5.57 Å². The van der Waals surface area contributed by atoms with E-state index in [-0.39, 0.29) is 6.42 Å². The molecule has 0 radical (unpaired) electrons. The van der Waals surface area contributed by atoms with E-state index in [4.69, 9.17) is 13.9 Å². The molecule has 2 aromatic carbocycles. The Hall–Kier alpha value is -3.28. The molecule has 0 bridgehead atoms. The second-order valence-electron chi connectivity index (χ2n) is 5.34. The van der Waals surface area contributed by atoms with Crippen molar-refractivity contribution in [2.45, 2.75) is 6.42 Å². The number of fused-ring (bicyclic) bond motifs is 1. The van der Waals surface area contributed by atoms with E-state index < -0.39 is 5.97 Å². The van der Waals surface area contributed by atoms with Crippen molar-refractivity contribution in [3.05, 3.63) is 53.9 Å². The maximum absolute atomic E-state index is 11.3. The molecule has 0 atom stereocenters. The standard InChI is InChI=1S/C19H17NO5/c1-23-16-8-7-12(10-17(16)24-2)9-13(11-18(21)22)19-20-14-5-3-4-6-15(14)25-19/h3-10H,11H2,1-2H3,(H,21,22)/b13-9-. The second-order valence-corrected chi connectivity index (χ2v) is 5.34. The van der Waals surface area contributed by atoms with Crippen molar-refractivity contribution >= 4 is 28.7 Å². The van der Waals surface area contributed by atoms with Gasteiger partial charge in [-0.15, -0.1) is 0 Å². The zero-order chi connectivity index (χ0) is 17.8. The number of hydrogen-bond donors (Lipinski definition) is 1. The predicted molar refractivity (Wildman–Crippen MR) is 93.7 cm³/mol. The van der Waals surface area contributed by atoms with Crippen LogP contribution in [0.5, 0.6) is 11.5 Å². The molecule has 0 fully saturated rings. The van der Waals surface area contributed by atoms with Crippen molar-refractivity contribution in [3.8, 4) is 11.5 Å². The number of rotatable bonds is 6. The highest BCUT2D eigenvalue weighted by molar-refractivity contribution is 5.91. The average Bonchev–Trinajstić information content (AvgIpc) is 3.04. The lowest BCUT2D eigenvalue weighted by atomic mass is 10.1. The van der Waals surface area contributed by atoms with Crippen LogP contribution in [0.3, 0.4) is 0 Å². The van der Waals surface area contributed by atoms with Gasteiger partial charge in [-0.1, -0.05) is 18.2 Å². The maximum Gasteiger partial charge on any atom is 0.308 e. The molecule has 0 spiro atoms. The summed E-state index contributed by atoms with van der Waals surface area (Å²) >= 11 is 0. The van der Waals surface area contributed by atoms with E-state index in [0.717, 1.165) is 5.56 Å². The molecule has 0 saturated heterocycles. The third-order valence-electron chi connectivity index (χ3n) is 3.66.